The van der Waals surface area contributed by atoms with Gasteiger partial charge >= 0.3 is 0 Å². The van der Waals surface area contributed by atoms with Gasteiger partial charge in [-0.1, -0.05) is 20.8 Å². The molecule has 3 nitrogen and oxygen atoms in total. The monoisotopic (exact) mass is 249 g/mol. The lowest BCUT2D eigenvalue weighted by Gasteiger charge is -2.25. The maximum absolute atomic E-state index is 6.11. The van der Waals surface area contributed by atoms with Gasteiger partial charge in [-0.25, -0.2) is 0 Å². The third-order valence-electron chi connectivity index (χ3n) is 3.30. The molecule has 1 heterocycles. The largest absolute Gasteiger partial charge is 0.497 e. The van der Waals surface area contributed by atoms with E-state index in [2.05, 4.69) is 32.2 Å². The fraction of sp³-hybridized carbons (Fsp3) is 0.600. The van der Waals surface area contributed by atoms with E-state index in [4.69, 9.17) is 9.47 Å². The summed E-state index contributed by atoms with van der Waals surface area (Å²) in [6, 6.07) is 6.07. The molecule has 0 aliphatic carbocycles. The predicted octanol–water partition coefficient (Wildman–Crippen LogP) is 2.73. The molecule has 1 aromatic rings. The van der Waals surface area contributed by atoms with Crippen LogP contribution in [0.1, 0.15) is 32.8 Å². The molecule has 1 atom stereocenters. The van der Waals surface area contributed by atoms with Crippen molar-refractivity contribution < 1.29 is 9.47 Å². The molecule has 18 heavy (non-hydrogen) atoms. The Balaban J connectivity index is 2.27. The Bertz CT molecular complexity index is 403. The quantitative estimate of drug-likeness (QED) is 0.893. The molecule has 1 fully saturated rings. The Hall–Kier alpha value is -1.22. The highest BCUT2D eigenvalue weighted by Crippen LogP contribution is 2.35. The Labute approximate surface area is 109 Å². The van der Waals surface area contributed by atoms with Gasteiger partial charge in [0.25, 0.3) is 0 Å². The smallest absolute Gasteiger partial charge is 0.123 e. The van der Waals surface area contributed by atoms with Crippen LogP contribution < -0.4 is 14.8 Å². The summed E-state index contributed by atoms with van der Waals surface area (Å²) in [7, 11) is 1.70. The van der Waals surface area contributed by atoms with E-state index in [9.17, 15) is 0 Å². The van der Waals surface area contributed by atoms with Crippen LogP contribution in [-0.2, 0) is 5.41 Å². The Morgan fingerprint density at radius 3 is 2.61 bits per heavy atom. The first-order chi connectivity index (χ1) is 8.50. The van der Waals surface area contributed by atoms with E-state index in [0.29, 0.717) is 6.10 Å². The van der Waals surface area contributed by atoms with Crippen LogP contribution in [0.3, 0.4) is 0 Å². The van der Waals surface area contributed by atoms with Crippen molar-refractivity contribution in [1.29, 1.82) is 0 Å². The summed E-state index contributed by atoms with van der Waals surface area (Å²) >= 11 is 0. The summed E-state index contributed by atoms with van der Waals surface area (Å²) in [6.45, 7) is 8.58. The summed E-state index contributed by atoms with van der Waals surface area (Å²) in [4.78, 5) is 0. The van der Waals surface area contributed by atoms with Crippen LogP contribution in [0.15, 0.2) is 18.2 Å². The van der Waals surface area contributed by atoms with Crippen molar-refractivity contribution in [1.82, 2.24) is 5.32 Å². The van der Waals surface area contributed by atoms with Crippen LogP contribution in [0.2, 0.25) is 0 Å². The van der Waals surface area contributed by atoms with E-state index in [0.717, 1.165) is 31.0 Å². The van der Waals surface area contributed by atoms with Gasteiger partial charge in [0.05, 0.1) is 7.11 Å². The van der Waals surface area contributed by atoms with Crippen LogP contribution in [0.25, 0.3) is 0 Å². The van der Waals surface area contributed by atoms with E-state index < -0.39 is 0 Å². The zero-order valence-corrected chi connectivity index (χ0v) is 11.7. The van der Waals surface area contributed by atoms with Crippen molar-refractivity contribution in [3.8, 4) is 11.5 Å². The third-order valence-corrected chi connectivity index (χ3v) is 3.30. The number of ether oxygens (including phenoxy) is 2. The summed E-state index contributed by atoms with van der Waals surface area (Å²) in [6.07, 6.45) is 1.37. The van der Waals surface area contributed by atoms with Crippen LogP contribution in [0.4, 0.5) is 0 Å². The first-order valence-corrected chi connectivity index (χ1v) is 6.56. The van der Waals surface area contributed by atoms with Crippen molar-refractivity contribution in [3.05, 3.63) is 23.8 Å². The van der Waals surface area contributed by atoms with E-state index in [-0.39, 0.29) is 5.41 Å². The number of rotatable bonds is 3. The van der Waals surface area contributed by atoms with E-state index in [1.54, 1.807) is 7.11 Å². The number of hydrogen-bond acceptors (Lipinski definition) is 3. The number of nitrogens with one attached hydrogen (secondary N) is 1. The average molecular weight is 249 g/mol. The molecule has 0 radical (unpaired) electrons. The molecule has 0 spiro atoms. The maximum atomic E-state index is 6.11. The molecule has 100 valence electrons. The van der Waals surface area contributed by atoms with Crippen LogP contribution in [0.5, 0.6) is 11.5 Å². The van der Waals surface area contributed by atoms with Gasteiger partial charge in [0, 0.05) is 12.1 Å². The van der Waals surface area contributed by atoms with Gasteiger partial charge in [0.1, 0.15) is 17.6 Å². The van der Waals surface area contributed by atoms with Crippen LogP contribution >= 0.6 is 0 Å². The Kier molecular flexibility index (Phi) is 3.81. The normalized spacial score (nSPS) is 19.9. The van der Waals surface area contributed by atoms with E-state index in [1.165, 1.54) is 5.56 Å². The lowest BCUT2D eigenvalue weighted by Crippen LogP contribution is -2.22. The average Bonchev–Trinajstić information content (AvgIpc) is 2.81. The van der Waals surface area contributed by atoms with Crippen LogP contribution in [-0.4, -0.2) is 26.3 Å². The van der Waals surface area contributed by atoms with Crippen molar-refractivity contribution in [3.63, 3.8) is 0 Å². The first kappa shape index (κ1) is 13.2. The molecule has 0 aromatic heterocycles. The van der Waals surface area contributed by atoms with Gasteiger partial charge in [0.15, 0.2) is 0 Å². The van der Waals surface area contributed by atoms with Crippen molar-refractivity contribution >= 4 is 0 Å². The summed E-state index contributed by atoms with van der Waals surface area (Å²) in [5.41, 5.74) is 1.25. The fourth-order valence-electron chi connectivity index (χ4n) is 2.23. The van der Waals surface area contributed by atoms with E-state index in [1.807, 2.05) is 12.1 Å². The SMILES string of the molecule is COc1ccc(O[C@@H]2CCNC2)c(C(C)(C)C)c1. The summed E-state index contributed by atoms with van der Waals surface area (Å²) in [5, 5.41) is 3.32. The first-order valence-electron chi connectivity index (χ1n) is 6.56. The minimum Gasteiger partial charge on any atom is -0.497 e. The molecule has 1 aliphatic heterocycles. The third kappa shape index (κ3) is 2.96. The minimum atomic E-state index is 0.0515. The molecule has 0 amide bonds. The fourth-order valence-corrected chi connectivity index (χ4v) is 2.23. The summed E-state index contributed by atoms with van der Waals surface area (Å²) in [5.74, 6) is 1.87. The van der Waals surface area contributed by atoms with Crippen molar-refractivity contribution in [2.24, 2.45) is 0 Å². The van der Waals surface area contributed by atoms with Gasteiger partial charge in [-0.3, -0.25) is 0 Å². The van der Waals surface area contributed by atoms with Gasteiger partial charge in [-0.05, 0) is 36.6 Å². The predicted molar refractivity (Wildman–Crippen MR) is 73.6 cm³/mol. The van der Waals surface area contributed by atoms with Gasteiger partial charge in [0.2, 0.25) is 0 Å². The van der Waals surface area contributed by atoms with Crippen molar-refractivity contribution in [2.75, 3.05) is 20.2 Å². The molecule has 1 aliphatic rings. The second-order valence-corrected chi connectivity index (χ2v) is 5.84. The molecule has 3 heteroatoms. The van der Waals surface area contributed by atoms with Gasteiger partial charge in [-0.2, -0.15) is 0 Å². The maximum Gasteiger partial charge on any atom is 0.123 e. The molecule has 1 aromatic carbocycles. The molecular formula is C15H23NO2. The molecule has 2 rings (SSSR count). The molecule has 1 N–H and O–H groups in total. The van der Waals surface area contributed by atoms with E-state index >= 15 is 0 Å². The molecule has 1 saturated heterocycles. The lowest BCUT2D eigenvalue weighted by atomic mass is 9.86. The zero-order valence-electron chi connectivity index (χ0n) is 11.7. The number of hydrogen-bond donors (Lipinski definition) is 1. The van der Waals surface area contributed by atoms with Gasteiger partial charge < -0.3 is 14.8 Å². The lowest BCUT2D eigenvalue weighted by molar-refractivity contribution is 0.217. The second-order valence-electron chi connectivity index (χ2n) is 5.84. The minimum absolute atomic E-state index is 0.0515. The van der Waals surface area contributed by atoms with Crippen LogP contribution in [0, 0.1) is 0 Å². The molecular weight excluding hydrogens is 226 g/mol. The summed E-state index contributed by atoms with van der Waals surface area (Å²) < 4.78 is 11.4. The Morgan fingerprint density at radius 2 is 2.06 bits per heavy atom. The Morgan fingerprint density at radius 1 is 1.28 bits per heavy atom. The molecule has 0 bridgehead atoms. The topological polar surface area (TPSA) is 30.5 Å². The zero-order chi connectivity index (χ0) is 13.2. The standard InChI is InChI=1S/C15H23NO2/c1-15(2,3)13-9-11(17-4)5-6-14(13)18-12-7-8-16-10-12/h5-6,9,12,16H,7-8,10H2,1-4H3/t12-/m1/s1. The molecule has 0 saturated carbocycles. The highest BCUT2D eigenvalue weighted by molar-refractivity contribution is 5.44. The highest BCUT2D eigenvalue weighted by Gasteiger charge is 2.23. The van der Waals surface area contributed by atoms with Gasteiger partial charge in [-0.15, -0.1) is 0 Å². The number of benzene rings is 1. The molecule has 0 unspecified atom stereocenters. The number of methoxy groups -OCH3 is 1. The van der Waals surface area contributed by atoms with Crippen molar-refractivity contribution in [2.45, 2.75) is 38.7 Å². The second kappa shape index (κ2) is 5.19. The highest BCUT2D eigenvalue weighted by atomic mass is 16.5.